The molecule has 0 spiro atoms. The molecule has 4 aromatic rings. The Kier molecular flexibility index (Phi) is 8.48. The minimum atomic E-state index is -4.73. The van der Waals surface area contributed by atoms with Crippen molar-refractivity contribution in [2.75, 3.05) is 0 Å². The van der Waals surface area contributed by atoms with E-state index in [1.165, 1.54) is 17.7 Å². The highest BCUT2D eigenvalue weighted by Gasteiger charge is 2.41. The van der Waals surface area contributed by atoms with E-state index in [2.05, 4.69) is 23.5 Å². The monoisotopic (exact) mass is 560 g/mol. The Bertz CT molecular complexity index is 1550. The predicted molar refractivity (Wildman–Crippen MR) is 134 cm³/mol. The largest absolute Gasteiger partial charge is 0.432 e. The Morgan fingerprint density at radius 1 is 0.675 bits per heavy atom. The maximum Gasteiger partial charge on any atom is 0.432 e. The molecule has 0 N–H and O–H groups in total. The van der Waals surface area contributed by atoms with E-state index >= 15 is 0 Å². The van der Waals surface area contributed by atoms with Gasteiger partial charge in [-0.1, -0.05) is 55.5 Å². The van der Waals surface area contributed by atoms with Crippen molar-refractivity contribution in [3.8, 4) is 28.7 Å². The summed E-state index contributed by atoms with van der Waals surface area (Å²) in [4.78, 5) is 0. The lowest BCUT2D eigenvalue weighted by atomic mass is 10.0. The predicted octanol–water partition coefficient (Wildman–Crippen LogP) is 9.06. The zero-order chi connectivity index (χ0) is 29.0. The lowest BCUT2D eigenvalue weighted by molar-refractivity contribution is -0.189. The highest BCUT2D eigenvalue weighted by atomic mass is 19.3. The van der Waals surface area contributed by atoms with E-state index in [9.17, 15) is 35.1 Å². The number of rotatable bonds is 7. The van der Waals surface area contributed by atoms with Gasteiger partial charge in [-0.25, -0.2) is 26.3 Å². The third-order valence-corrected chi connectivity index (χ3v) is 5.95. The third kappa shape index (κ3) is 6.45. The van der Waals surface area contributed by atoms with Crippen LogP contribution in [-0.4, -0.2) is 0 Å². The summed E-state index contributed by atoms with van der Waals surface area (Å²) in [5.74, 6) is -6.33. The van der Waals surface area contributed by atoms with Crippen molar-refractivity contribution in [2.24, 2.45) is 0 Å². The molecule has 0 aromatic heterocycles. The van der Waals surface area contributed by atoms with Crippen molar-refractivity contribution in [1.29, 1.82) is 0 Å². The van der Waals surface area contributed by atoms with Gasteiger partial charge in [-0.15, -0.1) is 0 Å². The summed E-state index contributed by atoms with van der Waals surface area (Å²) in [6.07, 6.45) is -1.65. The van der Waals surface area contributed by atoms with Crippen LogP contribution < -0.4 is 4.74 Å². The molecular weight excluding hydrogens is 540 g/mol. The van der Waals surface area contributed by atoms with Crippen LogP contribution in [0.5, 0.6) is 5.75 Å². The van der Waals surface area contributed by atoms with Crippen LogP contribution in [0.2, 0.25) is 0 Å². The molecule has 0 heterocycles. The fraction of sp³-hybridized carbons (Fsp3) is 0.161. The third-order valence-electron chi connectivity index (χ3n) is 5.95. The number of unbranched alkanes of at least 4 members (excludes halogenated alkanes) is 1. The molecule has 0 bridgehead atoms. The van der Waals surface area contributed by atoms with E-state index in [4.69, 9.17) is 0 Å². The first kappa shape index (κ1) is 28.7. The molecule has 0 saturated carbocycles. The van der Waals surface area contributed by atoms with Gasteiger partial charge in [0.2, 0.25) is 0 Å². The maximum absolute atomic E-state index is 14.7. The van der Waals surface area contributed by atoms with Crippen molar-refractivity contribution in [3.63, 3.8) is 0 Å². The van der Waals surface area contributed by atoms with Crippen LogP contribution in [0.4, 0.5) is 35.1 Å². The molecule has 0 unspecified atom stereocenters. The van der Waals surface area contributed by atoms with Crippen LogP contribution in [0.3, 0.4) is 0 Å². The van der Waals surface area contributed by atoms with Crippen molar-refractivity contribution in [2.45, 2.75) is 32.3 Å². The second-order valence-corrected chi connectivity index (χ2v) is 8.88. The lowest BCUT2D eigenvalue weighted by Gasteiger charge is -2.19. The number of benzene rings is 4. The molecule has 40 heavy (non-hydrogen) atoms. The minimum absolute atomic E-state index is 0.0952. The SMILES string of the molecule is CCCCc1ccc(-c2ccc(C#Cc3cc(F)c(C(F)(F)Oc4cc(F)c(F)c(F)c4)c(F)c3)c(F)c2)cc1. The second kappa shape index (κ2) is 11.8. The molecule has 0 atom stereocenters. The van der Waals surface area contributed by atoms with Gasteiger partial charge in [0, 0.05) is 17.7 Å². The van der Waals surface area contributed by atoms with Gasteiger partial charge in [0.05, 0.1) is 5.56 Å². The van der Waals surface area contributed by atoms with Crippen LogP contribution in [-0.2, 0) is 12.5 Å². The summed E-state index contributed by atoms with van der Waals surface area (Å²) in [7, 11) is 0. The van der Waals surface area contributed by atoms with E-state index in [-0.39, 0.29) is 23.3 Å². The topological polar surface area (TPSA) is 9.23 Å². The van der Waals surface area contributed by atoms with E-state index in [0.29, 0.717) is 17.7 Å². The first-order chi connectivity index (χ1) is 19.0. The van der Waals surface area contributed by atoms with Crippen LogP contribution >= 0.6 is 0 Å². The zero-order valence-electron chi connectivity index (χ0n) is 20.9. The first-order valence-electron chi connectivity index (χ1n) is 12.1. The normalized spacial score (nSPS) is 11.2. The highest BCUT2D eigenvalue weighted by molar-refractivity contribution is 5.65. The van der Waals surface area contributed by atoms with Gasteiger partial charge in [0.25, 0.3) is 0 Å². The van der Waals surface area contributed by atoms with Crippen LogP contribution in [0.1, 0.15) is 42.0 Å². The molecule has 4 aromatic carbocycles. The zero-order valence-corrected chi connectivity index (χ0v) is 20.9. The number of aryl methyl sites for hydroxylation is 1. The second-order valence-electron chi connectivity index (χ2n) is 8.88. The van der Waals surface area contributed by atoms with E-state index in [0.717, 1.165) is 24.8 Å². The number of alkyl halides is 2. The van der Waals surface area contributed by atoms with E-state index < -0.39 is 52.3 Å². The number of hydrogen-bond donors (Lipinski definition) is 0. The molecule has 0 aliphatic heterocycles. The summed E-state index contributed by atoms with van der Waals surface area (Å²) < 4.78 is 116. The van der Waals surface area contributed by atoms with E-state index in [1.54, 1.807) is 6.07 Å². The van der Waals surface area contributed by atoms with Crippen LogP contribution in [0.25, 0.3) is 11.1 Å². The van der Waals surface area contributed by atoms with Crippen molar-refractivity contribution in [1.82, 2.24) is 0 Å². The Balaban J connectivity index is 1.54. The average Bonchev–Trinajstić information content (AvgIpc) is 2.89. The summed E-state index contributed by atoms with van der Waals surface area (Å²) >= 11 is 0. The molecule has 0 radical (unpaired) electrons. The smallest absolute Gasteiger partial charge is 0.429 e. The Morgan fingerprint density at radius 2 is 1.27 bits per heavy atom. The molecule has 206 valence electrons. The van der Waals surface area contributed by atoms with Gasteiger partial charge in [-0.3, -0.25) is 0 Å². The summed E-state index contributed by atoms with van der Waals surface area (Å²) in [5, 5.41) is 0. The highest BCUT2D eigenvalue weighted by Crippen LogP contribution is 2.36. The van der Waals surface area contributed by atoms with Crippen molar-refractivity contribution >= 4 is 0 Å². The molecule has 1 nitrogen and oxygen atoms in total. The first-order valence-corrected chi connectivity index (χ1v) is 12.1. The molecule has 0 aliphatic rings. The maximum atomic E-state index is 14.7. The number of ether oxygens (including phenoxy) is 1. The van der Waals surface area contributed by atoms with Crippen molar-refractivity contribution in [3.05, 3.63) is 124 Å². The Labute approximate surface area is 225 Å². The van der Waals surface area contributed by atoms with Gasteiger partial charge in [-0.05, 0) is 53.8 Å². The molecular formula is C31H20F8O. The fourth-order valence-electron chi connectivity index (χ4n) is 3.89. The quantitative estimate of drug-likeness (QED) is 0.125. The standard InChI is InChI=1S/C31H20F8O/c1-2-3-4-18-5-8-20(9-6-18)22-12-11-21(24(32)15-22)10-7-19-13-25(33)29(26(34)14-19)31(38,39)40-23-16-27(35)30(37)28(36)17-23/h5-6,8-9,11-17H,2-4H2,1H3. The van der Waals surface area contributed by atoms with Gasteiger partial charge in [0.15, 0.2) is 17.5 Å². The number of hydrogen-bond acceptors (Lipinski definition) is 1. The number of halogens is 8. The van der Waals surface area contributed by atoms with Gasteiger partial charge in [-0.2, -0.15) is 8.78 Å². The lowest BCUT2D eigenvalue weighted by Crippen LogP contribution is -2.25. The molecule has 9 heteroatoms. The van der Waals surface area contributed by atoms with Crippen LogP contribution in [0.15, 0.2) is 66.7 Å². The van der Waals surface area contributed by atoms with Crippen molar-refractivity contribution < 1.29 is 39.9 Å². The average molecular weight is 560 g/mol. The van der Waals surface area contributed by atoms with E-state index in [1.807, 2.05) is 24.3 Å². The molecule has 0 fully saturated rings. The summed E-state index contributed by atoms with van der Waals surface area (Å²) in [5.41, 5.74) is 0.199. The molecule has 0 amide bonds. The Morgan fingerprint density at radius 3 is 1.85 bits per heavy atom. The molecule has 0 saturated heterocycles. The van der Waals surface area contributed by atoms with Gasteiger partial charge in [0.1, 0.15) is 28.8 Å². The minimum Gasteiger partial charge on any atom is -0.429 e. The fourth-order valence-corrected chi connectivity index (χ4v) is 3.89. The summed E-state index contributed by atoms with van der Waals surface area (Å²) in [6, 6.07) is 13.1. The van der Waals surface area contributed by atoms with Gasteiger partial charge >= 0.3 is 6.11 Å². The summed E-state index contributed by atoms with van der Waals surface area (Å²) in [6.45, 7) is 2.10. The Hall–Kier alpha value is -4.32. The van der Waals surface area contributed by atoms with Gasteiger partial charge < -0.3 is 4.74 Å². The van der Waals surface area contributed by atoms with Crippen LogP contribution in [0, 0.1) is 46.7 Å². The molecule has 4 rings (SSSR count). The molecule has 0 aliphatic carbocycles.